The van der Waals surface area contributed by atoms with Gasteiger partial charge in [-0.25, -0.2) is 8.42 Å². The Morgan fingerprint density at radius 2 is 2.05 bits per heavy atom. The number of amides is 2. The zero-order valence-electron chi connectivity index (χ0n) is 11.0. The highest BCUT2D eigenvalue weighted by Gasteiger charge is 2.38. The van der Waals surface area contributed by atoms with Gasteiger partial charge in [-0.1, -0.05) is 0 Å². The lowest BCUT2D eigenvalue weighted by Gasteiger charge is -2.27. The lowest BCUT2D eigenvalue weighted by molar-refractivity contribution is -0.134. The van der Waals surface area contributed by atoms with Gasteiger partial charge < -0.3 is 10.2 Å². The third-order valence-corrected chi connectivity index (χ3v) is 4.83. The molecular formula is C11H19N3O4S. The van der Waals surface area contributed by atoms with Gasteiger partial charge in [0.25, 0.3) is 0 Å². The number of carbonyl (C=O) groups excluding carboxylic acids is 2. The van der Waals surface area contributed by atoms with Crippen molar-refractivity contribution < 1.29 is 18.0 Å². The minimum absolute atomic E-state index is 0.0679. The third kappa shape index (κ3) is 3.24. The fraction of sp³-hybridized carbons (Fsp3) is 0.818. The Hall–Kier alpha value is -1.15. The van der Waals surface area contributed by atoms with E-state index in [1.807, 2.05) is 0 Å². The van der Waals surface area contributed by atoms with Crippen LogP contribution in [-0.2, 0) is 19.6 Å². The highest BCUT2D eigenvalue weighted by Crippen LogP contribution is 2.22. The molecule has 0 radical (unpaired) electrons. The quantitative estimate of drug-likeness (QED) is 0.689. The van der Waals surface area contributed by atoms with Crippen molar-refractivity contribution in [1.82, 2.24) is 14.5 Å². The average Bonchev–Trinajstić information content (AvgIpc) is 2.72. The summed E-state index contributed by atoms with van der Waals surface area (Å²) in [6, 6.07) is -0.594. The summed E-state index contributed by atoms with van der Waals surface area (Å²) in [6.45, 7) is 1.63. The van der Waals surface area contributed by atoms with Crippen molar-refractivity contribution >= 4 is 21.8 Å². The Labute approximate surface area is 113 Å². The molecule has 7 nitrogen and oxygen atoms in total. The molecule has 0 saturated carbocycles. The number of sulfonamides is 1. The molecule has 2 fully saturated rings. The summed E-state index contributed by atoms with van der Waals surface area (Å²) in [6.07, 6.45) is 2.67. The normalized spacial score (nSPS) is 26.1. The van der Waals surface area contributed by atoms with Crippen LogP contribution in [-0.4, -0.2) is 67.9 Å². The molecule has 108 valence electrons. The molecule has 0 aromatic rings. The summed E-state index contributed by atoms with van der Waals surface area (Å²) >= 11 is 0. The highest BCUT2D eigenvalue weighted by atomic mass is 32.2. The van der Waals surface area contributed by atoms with E-state index >= 15 is 0 Å². The van der Waals surface area contributed by atoms with Crippen LogP contribution in [0.15, 0.2) is 0 Å². The van der Waals surface area contributed by atoms with Gasteiger partial charge in [0.05, 0.1) is 6.26 Å². The fourth-order valence-electron chi connectivity index (χ4n) is 2.58. The van der Waals surface area contributed by atoms with Crippen LogP contribution in [0.3, 0.4) is 0 Å². The van der Waals surface area contributed by atoms with Gasteiger partial charge in [0.15, 0.2) is 0 Å². The maximum Gasteiger partial charge on any atom is 0.241 e. The van der Waals surface area contributed by atoms with E-state index in [0.29, 0.717) is 39.0 Å². The highest BCUT2D eigenvalue weighted by molar-refractivity contribution is 7.88. The van der Waals surface area contributed by atoms with E-state index in [2.05, 4.69) is 5.32 Å². The van der Waals surface area contributed by atoms with E-state index in [1.165, 1.54) is 4.31 Å². The van der Waals surface area contributed by atoms with Gasteiger partial charge in [-0.2, -0.15) is 4.31 Å². The van der Waals surface area contributed by atoms with E-state index in [0.717, 1.165) is 6.26 Å². The van der Waals surface area contributed by atoms with Crippen molar-refractivity contribution in [3.8, 4) is 0 Å². The van der Waals surface area contributed by atoms with Crippen LogP contribution in [0.4, 0.5) is 0 Å². The minimum Gasteiger partial charge on any atom is -0.354 e. The Morgan fingerprint density at radius 3 is 2.74 bits per heavy atom. The number of carbonyl (C=O) groups is 2. The summed E-state index contributed by atoms with van der Waals surface area (Å²) in [5.41, 5.74) is 0. The second-order valence-corrected chi connectivity index (χ2v) is 6.89. The van der Waals surface area contributed by atoms with Crippen LogP contribution in [0.1, 0.15) is 19.3 Å². The van der Waals surface area contributed by atoms with E-state index in [9.17, 15) is 18.0 Å². The molecular weight excluding hydrogens is 270 g/mol. The molecule has 0 spiro atoms. The Kier molecular flexibility index (Phi) is 4.10. The maximum absolute atomic E-state index is 12.4. The Bertz CT molecular complexity index is 476. The first-order valence-electron chi connectivity index (χ1n) is 6.42. The summed E-state index contributed by atoms with van der Waals surface area (Å²) < 4.78 is 24.6. The van der Waals surface area contributed by atoms with E-state index in [-0.39, 0.29) is 18.2 Å². The summed E-state index contributed by atoms with van der Waals surface area (Å²) in [4.78, 5) is 25.2. The van der Waals surface area contributed by atoms with Gasteiger partial charge in [0.1, 0.15) is 6.04 Å². The fourth-order valence-corrected chi connectivity index (χ4v) is 3.70. The van der Waals surface area contributed by atoms with Crippen LogP contribution in [0, 0.1) is 0 Å². The Morgan fingerprint density at radius 1 is 1.32 bits per heavy atom. The van der Waals surface area contributed by atoms with Crippen molar-refractivity contribution in [2.45, 2.75) is 25.3 Å². The molecule has 1 N–H and O–H groups in total. The molecule has 0 aromatic heterocycles. The number of rotatable bonds is 2. The maximum atomic E-state index is 12.4. The first-order valence-corrected chi connectivity index (χ1v) is 8.27. The van der Waals surface area contributed by atoms with Crippen molar-refractivity contribution in [3.05, 3.63) is 0 Å². The van der Waals surface area contributed by atoms with Gasteiger partial charge in [0.2, 0.25) is 21.8 Å². The van der Waals surface area contributed by atoms with Crippen LogP contribution in [0.25, 0.3) is 0 Å². The van der Waals surface area contributed by atoms with Crippen molar-refractivity contribution in [2.75, 3.05) is 32.4 Å². The smallest absolute Gasteiger partial charge is 0.241 e. The zero-order chi connectivity index (χ0) is 14.0. The molecule has 2 amide bonds. The van der Waals surface area contributed by atoms with Crippen molar-refractivity contribution in [1.29, 1.82) is 0 Å². The number of nitrogens with zero attached hydrogens (tertiary/aromatic N) is 2. The van der Waals surface area contributed by atoms with Crippen molar-refractivity contribution in [3.63, 3.8) is 0 Å². The molecule has 1 unspecified atom stereocenters. The molecule has 0 aliphatic carbocycles. The summed E-state index contributed by atoms with van der Waals surface area (Å²) in [5.74, 6) is -0.249. The molecule has 0 bridgehead atoms. The predicted octanol–water partition coefficient (Wildman–Crippen LogP) is -1.24. The lowest BCUT2D eigenvalue weighted by Crippen LogP contribution is -2.48. The van der Waals surface area contributed by atoms with Crippen LogP contribution >= 0.6 is 0 Å². The Balaban J connectivity index is 2.08. The average molecular weight is 289 g/mol. The molecule has 2 aliphatic heterocycles. The predicted molar refractivity (Wildman–Crippen MR) is 68.8 cm³/mol. The van der Waals surface area contributed by atoms with Crippen LogP contribution < -0.4 is 5.32 Å². The second-order valence-electron chi connectivity index (χ2n) is 4.96. The van der Waals surface area contributed by atoms with Gasteiger partial charge in [0, 0.05) is 32.6 Å². The first-order chi connectivity index (χ1) is 8.89. The second kappa shape index (κ2) is 5.46. The largest absolute Gasteiger partial charge is 0.354 e. The minimum atomic E-state index is -3.35. The number of hydrogen-bond acceptors (Lipinski definition) is 4. The van der Waals surface area contributed by atoms with Crippen LogP contribution in [0.2, 0.25) is 0 Å². The zero-order valence-corrected chi connectivity index (χ0v) is 11.8. The monoisotopic (exact) mass is 289 g/mol. The van der Waals surface area contributed by atoms with E-state index < -0.39 is 16.1 Å². The molecule has 0 aromatic carbocycles. The molecule has 19 heavy (non-hydrogen) atoms. The molecule has 2 heterocycles. The van der Waals surface area contributed by atoms with E-state index in [1.54, 1.807) is 4.90 Å². The number of hydrogen-bond donors (Lipinski definition) is 1. The van der Waals surface area contributed by atoms with Crippen LogP contribution in [0.5, 0.6) is 0 Å². The topological polar surface area (TPSA) is 86.8 Å². The van der Waals surface area contributed by atoms with Crippen molar-refractivity contribution in [2.24, 2.45) is 0 Å². The number of nitrogens with one attached hydrogen (secondary N) is 1. The molecule has 1 atom stereocenters. The molecule has 2 saturated heterocycles. The summed E-state index contributed by atoms with van der Waals surface area (Å²) in [7, 11) is -3.35. The molecule has 2 rings (SSSR count). The third-order valence-electron chi connectivity index (χ3n) is 3.54. The van der Waals surface area contributed by atoms with Gasteiger partial charge in [-0.05, 0) is 12.8 Å². The SMILES string of the molecule is CS(=O)(=O)N1CCCC1C(=O)N1CCNC(=O)CC1. The standard InChI is InChI=1S/C11H19N3O4S/c1-19(17,18)14-6-2-3-9(14)11(16)13-7-4-10(15)12-5-8-13/h9H,2-8H2,1H3,(H,12,15). The molecule has 2 aliphatic rings. The van der Waals surface area contributed by atoms with Gasteiger partial charge in [-0.3, -0.25) is 9.59 Å². The lowest BCUT2D eigenvalue weighted by atomic mass is 10.2. The summed E-state index contributed by atoms with van der Waals surface area (Å²) in [5, 5.41) is 2.70. The van der Waals surface area contributed by atoms with E-state index in [4.69, 9.17) is 0 Å². The first kappa shape index (κ1) is 14.3. The van der Waals surface area contributed by atoms with Gasteiger partial charge in [-0.15, -0.1) is 0 Å². The van der Waals surface area contributed by atoms with Gasteiger partial charge >= 0.3 is 0 Å². The molecule has 8 heteroatoms.